The average Bonchev–Trinajstić information content (AvgIpc) is 2.34. The Hall–Kier alpha value is -1.02. The van der Waals surface area contributed by atoms with Crippen LogP contribution >= 0.6 is 0 Å². The zero-order chi connectivity index (χ0) is 12.7. The van der Waals surface area contributed by atoms with E-state index in [9.17, 15) is 0 Å². The van der Waals surface area contributed by atoms with E-state index in [0.717, 1.165) is 19.5 Å². The summed E-state index contributed by atoms with van der Waals surface area (Å²) < 4.78 is 0. The number of benzene rings is 1. The molecule has 2 nitrogen and oxygen atoms in total. The Bertz CT molecular complexity index is 305. The molecule has 0 radical (unpaired) electrons. The van der Waals surface area contributed by atoms with E-state index in [1.54, 1.807) is 0 Å². The number of likely N-dealkylation sites (N-methyl/N-ethyl adjacent to an activating group) is 1. The van der Waals surface area contributed by atoms with E-state index >= 15 is 0 Å². The molecule has 17 heavy (non-hydrogen) atoms. The van der Waals surface area contributed by atoms with Crippen LogP contribution in [0.1, 0.15) is 38.7 Å². The van der Waals surface area contributed by atoms with Gasteiger partial charge >= 0.3 is 0 Å². The molecule has 0 fully saturated rings. The van der Waals surface area contributed by atoms with Gasteiger partial charge in [0.1, 0.15) is 0 Å². The van der Waals surface area contributed by atoms with Gasteiger partial charge in [0, 0.05) is 24.8 Å². The highest BCUT2D eigenvalue weighted by atomic mass is 15.1. The van der Waals surface area contributed by atoms with Crippen LogP contribution < -0.4 is 10.6 Å². The summed E-state index contributed by atoms with van der Waals surface area (Å²) in [7, 11) is 0. The summed E-state index contributed by atoms with van der Waals surface area (Å²) in [6, 6.07) is 8.98. The summed E-state index contributed by atoms with van der Waals surface area (Å²) in [4.78, 5) is 2.36. The molecule has 0 amide bonds. The second-order valence-electron chi connectivity index (χ2n) is 4.78. The minimum atomic E-state index is 0.288. The van der Waals surface area contributed by atoms with Crippen LogP contribution in [0.5, 0.6) is 0 Å². The van der Waals surface area contributed by atoms with Crippen molar-refractivity contribution in [1.82, 2.24) is 0 Å². The maximum Gasteiger partial charge on any atom is 0.0366 e. The Morgan fingerprint density at radius 3 is 2.35 bits per heavy atom. The molecular formula is C15H26N2. The summed E-state index contributed by atoms with van der Waals surface area (Å²) in [6.07, 6.45) is 3.58. The van der Waals surface area contributed by atoms with Crippen molar-refractivity contribution in [3.8, 4) is 0 Å². The minimum Gasteiger partial charge on any atom is -0.370 e. The Morgan fingerprint density at radius 2 is 1.82 bits per heavy atom. The van der Waals surface area contributed by atoms with Gasteiger partial charge in [-0.25, -0.2) is 0 Å². The largest absolute Gasteiger partial charge is 0.370 e. The van der Waals surface area contributed by atoms with E-state index < -0.39 is 0 Å². The van der Waals surface area contributed by atoms with Crippen molar-refractivity contribution in [3.05, 3.63) is 29.8 Å². The molecule has 0 aliphatic heterocycles. The number of hydrogen-bond acceptors (Lipinski definition) is 2. The standard InChI is InChI=1S/C15H26N2/c1-4-6-7-14(16)12-17(5-2)15-10-8-13(3)9-11-15/h8-11,14H,4-7,12,16H2,1-3H3. The van der Waals surface area contributed by atoms with E-state index in [2.05, 4.69) is 49.9 Å². The minimum absolute atomic E-state index is 0.288. The highest BCUT2D eigenvalue weighted by Crippen LogP contribution is 2.15. The van der Waals surface area contributed by atoms with E-state index in [4.69, 9.17) is 5.73 Å². The number of nitrogens with two attached hydrogens (primary N) is 1. The van der Waals surface area contributed by atoms with Gasteiger partial charge in [-0.15, -0.1) is 0 Å². The van der Waals surface area contributed by atoms with Crippen LogP contribution in [-0.4, -0.2) is 19.1 Å². The molecule has 1 atom stereocenters. The molecule has 1 aromatic rings. The van der Waals surface area contributed by atoms with Crippen molar-refractivity contribution >= 4 is 5.69 Å². The molecule has 1 aromatic carbocycles. The lowest BCUT2D eigenvalue weighted by Crippen LogP contribution is -2.37. The molecule has 0 saturated carbocycles. The molecule has 0 aromatic heterocycles. The van der Waals surface area contributed by atoms with Gasteiger partial charge < -0.3 is 10.6 Å². The first-order chi connectivity index (χ1) is 8.17. The Morgan fingerprint density at radius 1 is 1.18 bits per heavy atom. The van der Waals surface area contributed by atoms with Crippen LogP contribution in [0, 0.1) is 6.92 Å². The number of unbranched alkanes of at least 4 members (excludes halogenated alkanes) is 1. The molecule has 0 bridgehead atoms. The van der Waals surface area contributed by atoms with Crippen molar-refractivity contribution < 1.29 is 0 Å². The Labute approximate surface area is 106 Å². The molecule has 1 unspecified atom stereocenters. The first-order valence-corrected chi connectivity index (χ1v) is 6.74. The number of rotatable bonds is 7. The summed E-state index contributed by atoms with van der Waals surface area (Å²) in [5, 5.41) is 0. The summed E-state index contributed by atoms with van der Waals surface area (Å²) >= 11 is 0. The van der Waals surface area contributed by atoms with Gasteiger partial charge in [0.15, 0.2) is 0 Å². The average molecular weight is 234 g/mol. The summed E-state index contributed by atoms with van der Waals surface area (Å²) in [6.45, 7) is 8.49. The van der Waals surface area contributed by atoms with Crippen molar-refractivity contribution in [1.29, 1.82) is 0 Å². The second-order valence-corrected chi connectivity index (χ2v) is 4.78. The van der Waals surface area contributed by atoms with Gasteiger partial charge in [-0.3, -0.25) is 0 Å². The molecular weight excluding hydrogens is 208 g/mol. The molecule has 0 aliphatic carbocycles. The quantitative estimate of drug-likeness (QED) is 0.784. The van der Waals surface area contributed by atoms with E-state index in [0.29, 0.717) is 0 Å². The highest BCUT2D eigenvalue weighted by molar-refractivity contribution is 5.47. The van der Waals surface area contributed by atoms with E-state index in [-0.39, 0.29) is 6.04 Å². The van der Waals surface area contributed by atoms with Crippen molar-refractivity contribution in [3.63, 3.8) is 0 Å². The molecule has 0 spiro atoms. The molecule has 0 heterocycles. The molecule has 2 heteroatoms. The van der Waals surface area contributed by atoms with Crippen molar-refractivity contribution in [2.45, 2.75) is 46.1 Å². The predicted molar refractivity (Wildman–Crippen MR) is 76.6 cm³/mol. The SMILES string of the molecule is CCCCC(N)CN(CC)c1ccc(C)cc1. The first kappa shape index (κ1) is 14.0. The summed E-state index contributed by atoms with van der Waals surface area (Å²) in [5.41, 5.74) is 8.75. The normalized spacial score (nSPS) is 12.5. The third kappa shape index (κ3) is 4.78. The Balaban J connectivity index is 2.56. The smallest absolute Gasteiger partial charge is 0.0366 e. The fourth-order valence-electron chi connectivity index (χ4n) is 2.01. The van der Waals surface area contributed by atoms with Gasteiger partial charge in [-0.05, 0) is 32.4 Å². The van der Waals surface area contributed by atoms with Gasteiger partial charge in [0.2, 0.25) is 0 Å². The van der Waals surface area contributed by atoms with Crippen LogP contribution in [0.15, 0.2) is 24.3 Å². The van der Waals surface area contributed by atoms with Crippen LogP contribution in [-0.2, 0) is 0 Å². The van der Waals surface area contributed by atoms with Crippen LogP contribution in [0.25, 0.3) is 0 Å². The van der Waals surface area contributed by atoms with Crippen molar-refractivity contribution in [2.24, 2.45) is 5.73 Å². The number of nitrogens with zero attached hydrogens (tertiary/aromatic N) is 1. The van der Waals surface area contributed by atoms with Crippen LogP contribution in [0.3, 0.4) is 0 Å². The van der Waals surface area contributed by atoms with Gasteiger partial charge in [-0.1, -0.05) is 37.5 Å². The molecule has 0 saturated heterocycles. The summed E-state index contributed by atoms with van der Waals surface area (Å²) in [5.74, 6) is 0. The molecule has 1 rings (SSSR count). The van der Waals surface area contributed by atoms with Crippen molar-refractivity contribution in [2.75, 3.05) is 18.0 Å². The molecule has 96 valence electrons. The van der Waals surface area contributed by atoms with Gasteiger partial charge in [0.05, 0.1) is 0 Å². The zero-order valence-corrected chi connectivity index (χ0v) is 11.4. The lowest BCUT2D eigenvalue weighted by Gasteiger charge is -2.26. The topological polar surface area (TPSA) is 29.3 Å². The maximum atomic E-state index is 6.16. The highest BCUT2D eigenvalue weighted by Gasteiger charge is 2.09. The monoisotopic (exact) mass is 234 g/mol. The number of hydrogen-bond donors (Lipinski definition) is 1. The number of aryl methyl sites for hydroxylation is 1. The first-order valence-electron chi connectivity index (χ1n) is 6.74. The zero-order valence-electron chi connectivity index (χ0n) is 11.4. The van der Waals surface area contributed by atoms with E-state index in [1.807, 2.05) is 0 Å². The fourth-order valence-corrected chi connectivity index (χ4v) is 2.01. The van der Waals surface area contributed by atoms with Crippen LogP contribution in [0.2, 0.25) is 0 Å². The van der Waals surface area contributed by atoms with Gasteiger partial charge in [-0.2, -0.15) is 0 Å². The molecule has 0 aliphatic rings. The lowest BCUT2D eigenvalue weighted by molar-refractivity contribution is 0.564. The maximum absolute atomic E-state index is 6.16. The third-order valence-corrected chi connectivity index (χ3v) is 3.16. The van der Waals surface area contributed by atoms with Gasteiger partial charge in [0.25, 0.3) is 0 Å². The lowest BCUT2D eigenvalue weighted by atomic mass is 10.1. The fraction of sp³-hybridized carbons (Fsp3) is 0.600. The molecule has 2 N–H and O–H groups in total. The Kier molecular flexibility index (Phi) is 6.06. The second kappa shape index (κ2) is 7.33. The van der Waals surface area contributed by atoms with Crippen LogP contribution in [0.4, 0.5) is 5.69 Å². The predicted octanol–water partition coefficient (Wildman–Crippen LogP) is 3.34. The van der Waals surface area contributed by atoms with E-state index in [1.165, 1.54) is 24.1 Å². The number of anilines is 1. The third-order valence-electron chi connectivity index (χ3n) is 3.16.